The molecular weight excluding hydrogens is 236 g/mol. The van der Waals surface area contributed by atoms with E-state index in [-0.39, 0.29) is 11.4 Å². The molecule has 0 unspecified atom stereocenters. The molecule has 17 heavy (non-hydrogen) atoms. The van der Waals surface area contributed by atoms with Gasteiger partial charge in [-0.2, -0.15) is 5.26 Å². The van der Waals surface area contributed by atoms with Crippen LogP contribution in [0, 0.1) is 18.3 Å². The van der Waals surface area contributed by atoms with Crippen molar-refractivity contribution in [2.24, 2.45) is 0 Å². The van der Waals surface area contributed by atoms with Gasteiger partial charge in [0.05, 0.1) is 16.5 Å². The average molecular weight is 250 g/mol. The number of nitrogens with zero attached hydrogens (tertiary/aromatic N) is 1. The van der Waals surface area contributed by atoms with Gasteiger partial charge in [0.1, 0.15) is 0 Å². The molecular formula is C12H14N2O2S. The number of nitrogens with one attached hydrogen (secondary N) is 1. The maximum atomic E-state index is 11.9. The van der Waals surface area contributed by atoms with Crippen LogP contribution in [0.15, 0.2) is 35.2 Å². The summed E-state index contributed by atoms with van der Waals surface area (Å²) in [6.45, 7) is 7.25. The Morgan fingerprint density at radius 2 is 2.18 bits per heavy atom. The smallest absolute Gasteiger partial charge is 0.207 e. The zero-order valence-electron chi connectivity index (χ0n) is 9.82. The van der Waals surface area contributed by atoms with Crippen molar-refractivity contribution in [3.05, 3.63) is 41.5 Å². The van der Waals surface area contributed by atoms with Crippen LogP contribution in [-0.4, -0.2) is 15.0 Å². The predicted octanol–water partition coefficient (Wildman–Crippen LogP) is 1.72. The molecule has 0 bridgehead atoms. The summed E-state index contributed by atoms with van der Waals surface area (Å²) in [6.07, 6.45) is 0. The van der Waals surface area contributed by atoms with Gasteiger partial charge in [0.25, 0.3) is 0 Å². The fraction of sp³-hybridized carbons (Fsp3) is 0.250. The van der Waals surface area contributed by atoms with Crippen molar-refractivity contribution >= 4 is 10.0 Å². The molecule has 4 nitrogen and oxygen atoms in total. The Morgan fingerprint density at radius 3 is 2.65 bits per heavy atom. The quantitative estimate of drug-likeness (QED) is 0.827. The molecule has 0 spiro atoms. The fourth-order valence-corrected chi connectivity index (χ4v) is 2.64. The van der Waals surface area contributed by atoms with E-state index in [1.165, 1.54) is 12.1 Å². The largest absolute Gasteiger partial charge is 0.241 e. The Morgan fingerprint density at radius 1 is 1.53 bits per heavy atom. The Kier molecular flexibility index (Phi) is 4.05. The van der Waals surface area contributed by atoms with Crippen molar-refractivity contribution in [3.63, 3.8) is 0 Å². The van der Waals surface area contributed by atoms with Gasteiger partial charge in [0, 0.05) is 6.54 Å². The van der Waals surface area contributed by atoms with Gasteiger partial charge in [-0.3, -0.25) is 0 Å². The molecule has 0 atom stereocenters. The van der Waals surface area contributed by atoms with E-state index in [1.807, 2.05) is 6.07 Å². The van der Waals surface area contributed by atoms with Crippen molar-refractivity contribution < 1.29 is 8.42 Å². The molecule has 5 heteroatoms. The van der Waals surface area contributed by atoms with Gasteiger partial charge in [-0.05, 0) is 37.6 Å². The van der Waals surface area contributed by atoms with Gasteiger partial charge in [-0.1, -0.05) is 12.2 Å². The van der Waals surface area contributed by atoms with Gasteiger partial charge in [0.15, 0.2) is 0 Å². The second kappa shape index (κ2) is 5.13. The molecule has 0 amide bonds. The lowest BCUT2D eigenvalue weighted by Crippen LogP contribution is -2.25. The minimum atomic E-state index is -3.53. The van der Waals surface area contributed by atoms with Crippen molar-refractivity contribution in [1.29, 1.82) is 5.26 Å². The maximum Gasteiger partial charge on any atom is 0.241 e. The van der Waals surface area contributed by atoms with Crippen molar-refractivity contribution in [2.75, 3.05) is 6.54 Å². The van der Waals surface area contributed by atoms with E-state index in [2.05, 4.69) is 11.3 Å². The second-order valence-electron chi connectivity index (χ2n) is 3.87. The minimum absolute atomic E-state index is 0.192. The third-order valence-corrected chi connectivity index (χ3v) is 3.72. The first-order valence-corrected chi connectivity index (χ1v) is 6.50. The Hall–Kier alpha value is -1.64. The highest BCUT2D eigenvalue weighted by Gasteiger charge is 2.16. The van der Waals surface area contributed by atoms with Crippen molar-refractivity contribution in [1.82, 2.24) is 4.72 Å². The lowest BCUT2D eigenvalue weighted by molar-refractivity contribution is 0.584. The molecule has 0 heterocycles. The summed E-state index contributed by atoms with van der Waals surface area (Å²) in [5.41, 5.74) is 1.74. The first kappa shape index (κ1) is 13.4. The van der Waals surface area contributed by atoms with Crippen molar-refractivity contribution in [2.45, 2.75) is 18.7 Å². The van der Waals surface area contributed by atoms with Gasteiger partial charge >= 0.3 is 0 Å². The van der Waals surface area contributed by atoms with Crippen LogP contribution in [0.1, 0.15) is 18.1 Å². The van der Waals surface area contributed by atoms with E-state index < -0.39 is 10.0 Å². The Balaban J connectivity index is 3.08. The van der Waals surface area contributed by atoms with Gasteiger partial charge in [0.2, 0.25) is 10.0 Å². The number of hydrogen-bond acceptors (Lipinski definition) is 3. The number of rotatable bonds is 4. The molecule has 0 fully saturated rings. The summed E-state index contributed by atoms with van der Waals surface area (Å²) in [5.74, 6) is 0. The molecule has 1 aromatic carbocycles. The first-order chi connectivity index (χ1) is 7.86. The average Bonchev–Trinajstić information content (AvgIpc) is 2.26. The monoisotopic (exact) mass is 250 g/mol. The zero-order valence-corrected chi connectivity index (χ0v) is 10.6. The molecule has 0 radical (unpaired) electrons. The normalized spacial score (nSPS) is 10.9. The Bertz CT molecular complexity index is 583. The maximum absolute atomic E-state index is 11.9. The third kappa shape index (κ3) is 3.41. The van der Waals surface area contributed by atoms with E-state index in [0.29, 0.717) is 11.1 Å². The van der Waals surface area contributed by atoms with Crippen LogP contribution < -0.4 is 4.72 Å². The molecule has 90 valence electrons. The highest BCUT2D eigenvalue weighted by Crippen LogP contribution is 2.16. The van der Waals surface area contributed by atoms with E-state index >= 15 is 0 Å². The highest BCUT2D eigenvalue weighted by molar-refractivity contribution is 7.89. The summed E-state index contributed by atoms with van der Waals surface area (Å²) in [5, 5.41) is 8.71. The topological polar surface area (TPSA) is 70.0 Å². The highest BCUT2D eigenvalue weighted by atomic mass is 32.2. The van der Waals surface area contributed by atoms with Crippen LogP contribution in [0.4, 0.5) is 0 Å². The van der Waals surface area contributed by atoms with Crippen LogP contribution >= 0.6 is 0 Å². The number of hydrogen-bond donors (Lipinski definition) is 1. The van der Waals surface area contributed by atoms with Crippen LogP contribution in [0.5, 0.6) is 0 Å². The van der Waals surface area contributed by atoms with Gasteiger partial charge < -0.3 is 0 Å². The SMILES string of the molecule is C=C(C)CNS(=O)(=O)c1ccc(C#N)cc1C. The van der Waals surface area contributed by atoms with Crippen LogP contribution in [0.2, 0.25) is 0 Å². The molecule has 1 aromatic rings. The minimum Gasteiger partial charge on any atom is -0.207 e. The lowest BCUT2D eigenvalue weighted by Gasteiger charge is -2.09. The predicted molar refractivity (Wildman–Crippen MR) is 65.9 cm³/mol. The van der Waals surface area contributed by atoms with E-state index in [9.17, 15) is 8.42 Å². The summed E-state index contributed by atoms with van der Waals surface area (Å²) in [6, 6.07) is 6.45. The summed E-state index contributed by atoms with van der Waals surface area (Å²) in [4.78, 5) is 0.192. The molecule has 1 N–H and O–H groups in total. The third-order valence-electron chi connectivity index (χ3n) is 2.16. The lowest BCUT2D eigenvalue weighted by atomic mass is 10.2. The summed E-state index contributed by atoms with van der Waals surface area (Å²) in [7, 11) is -3.53. The number of sulfonamides is 1. The first-order valence-electron chi connectivity index (χ1n) is 5.01. The van der Waals surface area contributed by atoms with Crippen LogP contribution in [0.25, 0.3) is 0 Å². The summed E-state index contributed by atoms with van der Waals surface area (Å²) >= 11 is 0. The van der Waals surface area contributed by atoms with Crippen LogP contribution in [0.3, 0.4) is 0 Å². The molecule has 1 rings (SSSR count). The number of benzene rings is 1. The molecule has 0 aromatic heterocycles. The zero-order chi connectivity index (χ0) is 13.1. The van der Waals surface area contributed by atoms with Crippen LogP contribution in [-0.2, 0) is 10.0 Å². The molecule has 0 aliphatic rings. The Labute approximate surface area is 102 Å². The van der Waals surface area contributed by atoms with E-state index in [4.69, 9.17) is 5.26 Å². The number of nitriles is 1. The molecule has 0 aliphatic heterocycles. The molecule has 0 saturated carbocycles. The van der Waals surface area contributed by atoms with E-state index in [1.54, 1.807) is 19.9 Å². The second-order valence-corrected chi connectivity index (χ2v) is 5.61. The molecule has 0 saturated heterocycles. The standard InChI is InChI=1S/C12H14N2O2S/c1-9(2)8-14-17(15,16)12-5-4-11(7-13)6-10(12)3/h4-6,14H,1,8H2,2-3H3. The fourth-order valence-electron chi connectivity index (χ4n) is 1.32. The molecule has 0 aliphatic carbocycles. The van der Waals surface area contributed by atoms with E-state index in [0.717, 1.165) is 5.57 Å². The van der Waals surface area contributed by atoms with Gasteiger partial charge in [-0.25, -0.2) is 13.1 Å². The van der Waals surface area contributed by atoms with Gasteiger partial charge in [-0.15, -0.1) is 0 Å². The van der Waals surface area contributed by atoms with Crippen molar-refractivity contribution in [3.8, 4) is 6.07 Å². The number of aryl methyl sites for hydroxylation is 1. The summed E-state index contributed by atoms with van der Waals surface area (Å²) < 4.78 is 26.3.